The number of rotatable bonds is 5. The van der Waals surface area contributed by atoms with E-state index in [1.54, 1.807) is 6.26 Å². The third-order valence-electron chi connectivity index (χ3n) is 2.77. The van der Waals surface area contributed by atoms with Crippen LogP contribution < -0.4 is 11.1 Å². The first kappa shape index (κ1) is 12.6. The molecule has 0 aliphatic rings. The van der Waals surface area contributed by atoms with Gasteiger partial charge < -0.3 is 15.5 Å². The van der Waals surface area contributed by atoms with E-state index in [-0.39, 0.29) is 0 Å². The van der Waals surface area contributed by atoms with Gasteiger partial charge in [-0.05, 0) is 42.8 Å². The van der Waals surface area contributed by atoms with Gasteiger partial charge in [0.25, 0.3) is 0 Å². The minimum atomic E-state index is 0.439. The number of nitrogens with two attached hydrogens (primary N) is 1. The van der Waals surface area contributed by atoms with E-state index in [2.05, 4.69) is 11.4 Å². The molecule has 0 spiro atoms. The Morgan fingerprint density at radius 2 is 2.22 bits per heavy atom. The van der Waals surface area contributed by atoms with E-state index in [4.69, 9.17) is 22.4 Å². The lowest BCUT2D eigenvalue weighted by Gasteiger charge is -2.09. The molecule has 0 amide bonds. The highest BCUT2D eigenvalue weighted by Crippen LogP contribution is 2.15. The normalized spacial score (nSPS) is 10.3. The molecule has 2 rings (SSSR count). The van der Waals surface area contributed by atoms with Crippen molar-refractivity contribution in [2.45, 2.75) is 13.3 Å². The molecule has 0 aliphatic carbocycles. The predicted octanol–water partition coefficient (Wildman–Crippen LogP) is 2.88. The van der Waals surface area contributed by atoms with Crippen LogP contribution in [0.4, 0.5) is 5.69 Å². The van der Waals surface area contributed by atoms with Gasteiger partial charge in [-0.3, -0.25) is 0 Å². The molecular weight excluding hydrogens is 244 g/mol. The minimum Gasteiger partial charge on any atom is -0.469 e. The quantitative estimate of drug-likeness (QED) is 0.812. The van der Waals surface area contributed by atoms with Gasteiger partial charge >= 0.3 is 0 Å². The van der Waals surface area contributed by atoms with E-state index in [1.165, 1.54) is 0 Å². The van der Waals surface area contributed by atoms with Crippen molar-refractivity contribution in [1.29, 1.82) is 0 Å². The van der Waals surface area contributed by atoms with Crippen LogP contribution in [0, 0.1) is 6.92 Å². The van der Waals surface area contributed by atoms with Crippen LogP contribution in [-0.2, 0) is 6.42 Å². The molecule has 2 aromatic rings. The van der Waals surface area contributed by atoms with Gasteiger partial charge in [-0.25, -0.2) is 0 Å². The maximum absolute atomic E-state index is 5.63. The first-order chi connectivity index (χ1) is 8.66. The van der Waals surface area contributed by atoms with Crippen molar-refractivity contribution in [2.75, 3.05) is 11.9 Å². The standard InChI is InChI=1S/C14H16N2OS/c1-10-9-11(4-5-13(10)14(15)18)16-7-6-12-3-2-8-17-12/h2-5,8-9,16H,6-7H2,1H3,(H2,15,18). The van der Waals surface area contributed by atoms with Crippen LogP contribution in [0.5, 0.6) is 0 Å². The average Bonchev–Trinajstić information content (AvgIpc) is 2.81. The molecular formula is C14H16N2OS. The molecule has 0 saturated heterocycles. The summed E-state index contributed by atoms with van der Waals surface area (Å²) in [5.74, 6) is 0.985. The van der Waals surface area contributed by atoms with Gasteiger partial charge in [-0.15, -0.1) is 0 Å². The van der Waals surface area contributed by atoms with Gasteiger partial charge in [0.2, 0.25) is 0 Å². The smallest absolute Gasteiger partial charge is 0.105 e. The molecule has 0 aliphatic heterocycles. The first-order valence-corrected chi connectivity index (χ1v) is 6.24. The molecule has 3 nitrogen and oxygen atoms in total. The highest BCUT2D eigenvalue weighted by molar-refractivity contribution is 7.80. The molecule has 0 saturated carbocycles. The molecule has 0 unspecified atom stereocenters. The van der Waals surface area contributed by atoms with Crippen LogP contribution in [0.25, 0.3) is 0 Å². The number of hydrogen-bond acceptors (Lipinski definition) is 3. The third-order valence-corrected chi connectivity index (χ3v) is 2.99. The van der Waals surface area contributed by atoms with Crippen molar-refractivity contribution in [3.8, 4) is 0 Å². The molecule has 3 N–H and O–H groups in total. The molecule has 0 atom stereocenters. The fourth-order valence-corrected chi connectivity index (χ4v) is 2.06. The summed E-state index contributed by atoms with van der Waals surface area (Å²) < 4.78 is 5.27. The van der Waals surface area contributed by atoms with Crippen molar-refractivity contribution in [3.63, 3.8) is 0 Å². The third kappa shape index (κ3) is 3.11. The Bertz CT molecular complexity index is 535. The van der Waals surface area contributed by atoms with E-state index in [0.29, 0.717) is 4.99 Å². The topological polar surface area (TPSA) is 51.2 Å². The molecule has 0 radical (unpaired) electrons. The summed E-state index contributed by atoms with van der Waals surface area (Å²) in [5.41, 5.74) is 8.72. The molecule has 0 bridgehead atoms. The second-order valence-corrected chi connectivity index (χ2v) is 4.59. The zero-order chi connectivity index (χ0) is 13.0. The van der Waals surface area contributed by atoms with E-state index in [0.717, 1.165) is 35.5 Å². The van der Waals surface area contributed by atoms with Gasteiger partial charge in [-0.1, -0.05) is 12.2 Å². The lowest BCUT2D eigenvalue weighted by Crippen LogP contribution is -2.11. The second-order valence-electron chi connectivity index (χ2n) is 4.15. The van der Waals surface area contributed by atoms with E-state index >= 15 is 0 Å². The van der Waals surface area contributed by atoms with Gasteiger partial charge in [0, 0.05) is 24.2 Å². The van der Waals surface area contributed by atoms with Crippen LogP contribution in [0.2, 0.25) is 0 Å². The predicted molar refractivity (Wildman–Crippen MR) is 78.0 cm³/mol. The van der Waals surface area contributed by atoms with Crippen molar-refractivity contribution in [1.82, 2.24) is 0 Å². The van der Waals surface area contributed by atoms with Crippen LogP contribution in [0.15, 0.2) is 41.0 Å². The first-order valence-electron chi connectivity index (χ1n) is 5.83. The molecule has 4 heteroatoms. The van der Waals surface area contributed by atoms with Gasteiger partial charge in [-0.2, -0.15) is 0 Å². The fourth-order valence-electron chi connectivity index (χ4n) is 1.83. The summed E-state index contributed by atoms with van der Waals surface area (Å²) in [4.78, 5) is 0.439. The molecule has 94 valence electrons. The lowest BCUT2D eigenvalue weighted by atomic mass is 10.1. The zero-order valence-corrected chi connectivity index (χ0v) is 11.1. The van der Waals surface area contributed by atoms with Crippen molar-refractivity contribution in [3.05, 3.63) is 53.5 Å². The van der Waals surface area contributed by atoms with E-state index < -0.39 is 0 Å². The number of anilines is 1. The summed E-state index contributed by atoms with van der Waals surface area (Å²) >= 11 is 4.98. The Morgan fingerprint density at radius 3 is 2.83 bits per heavy atom. The average molecular weight is 260 g/mol. The highest BCUT2D eigenvalue weighted by Gasteiger charge is 2.02. The number of aryl methyl sites for hydroxylation is 1. The van der Waals surface area contributed by atoms with Gasteiger partial charge in [0.05, 0.1) is 6.26 Å². The molecule has 1 aromatic heterocycles. The van der Waals surface area contributed by atoms with Crippen LogP contribution in [0.3, 0.4) is 0 Å². The maximum atomic E-state index is 5.63. The minimum absolute atomic E-state index is 0.439. The summed E-state index contributed by atoms with van der Waals surface area (Å²) in [7, 11) is 0. The van der Waals surface area contributed by atoms with Crippen LogP contribution in [0.1, 0.15) is 16.9 Å². The molecule has 1 heterocycles. The van der Waals surface area contributed by atoms with Crippen molar-refractivity contribution >= 4 is 22.9 Å². The van der Waals surface area contributed by atoms with E-state index in [1.807, 2.05) is 31.2 Å². The fraction of sp³-hybridized carbons (Fsp3) is 0.214. The van der Waals surface area contributed by atoms with Crippen LogP contribution in [-0.4, -0.2) is 11.5 Å². The Hall–Kier alpha value is -1.81. The Labute approximate surface area is 112 Å². The van der Waals surface area contributed by atoms with Gasteiger partial charge in [0.1, 0.15) is 10.7 Å². The second kappa shape index (κ2) is 5.69. The van der Waals surface area contributed by atoms with Crippen molar-refractivity contribution in [2.24, 2.45) is 5.73 Å². The summed E-state index contributed by atoms with van der Waals surface area (Å²) in [6.07, 6.45) is 2.56. The van der Waals surface area contributed by atoms with E-state index in [9.17, 15) is 0 Å². The number of thiocarbonyl (C=S) groups is 1. The summed E-state index contributed by atoms with van der Waals surface area (Å²) in [6.45, 7) is 2.84. The molecule has 1 aromatic carbocycles. The molecule has 0 fully saturated rings. The summed E-state index contributed by atoms with van der Waals surface area (Å²) in [5, 5.41) is 3.35. The number of benzene rings is 1. The number of hydrogen-bond donors (Lipinski definition) is 2. The highest BCUT2D eigenvalue weighted by atomic mass is 32.1. The Morgan fingerprint density at radius 1 is 1.39 bits per heavy atom. The summed E-state index contributed by atoms with van der Waals surface area (Å²) in [6, 6.07) is 9.87. The van der Waals surface area contributed by atoms with Crippen LogP contribution >= 0.6 is 12.2 Å². The maximum Gasteiger partial charge on any atom is 0.105 e. The SMILES string of the molecule is Cc1cc(NCCc2ccco2)ccc1C(N)=S. The zero-order valence-electron chi connectivity index (χ0n) is 10.3. The Kier molecular flexibility index (Phi) is 3.99. The monoisotopic (exact) mass is 260 g/mol. The largest absolute Gasteiger partial charge is 0.469 e. The van der Waals surface area contributed by atoms with Gasteiger partial charge in [0.15, 0.2) is 0 Å². The lowest BCUT2D eigenvalue weighted by molar-refractivity contribution is 0.513. The number of furan rings is 1. The molecule has 18 heavy (non-hydrogen) atoms. The van der Waals surface area contributed by atoms with Crippen molar-refractivity contribution < 1.29 is 4.42 Å². The Balaban J connectivity index is 1.94. The number of nitrogens with one attached hydrogen (secondary N) is 1.